The first-order chi connectivity index (χ1) is 7.66. The number of Topliss-reactive ketones (excluding diaryl/α,β-unsaturated/α-hetero) is 1. The molecule has 82 valence electrons. The van der Waals surface area contributed by atoms with E-state index in [0.29, 0.717) is 12.3 Å². The Labute approximate surface area is 95.3 Å². The van der Waals surface area contributed by atoms with Gasteiger partial charge in [0, 0.05) is 23.6 Å². The van der Waals surface area contributed by atoms with Crippen LogP contribution in [-0.4, -0.2) is 10.8 Å². The molecule has 0 aliphatic carbocycles. The molecule has 0 N–H and O–H groups in total. The second-order valence-electron chi connectivity index (χ2n) is 4.43. The zero-order valence-corrected chi connectivity index (χ0v) is 9.60. The number of carbonyl (C=O) groups excluding carboxylic acids is 1. The topological polar surface area (TPSA) is 30.0 Å². The minimum Gasteiger partial charge on any atom is -0.294 e. The zero-order valence-electron chi connectivity index (χ0n) is 9.60. The van der Waals surface area contributed by atoms with E-state index in [9.17, 15) is 4.79 Å². The van der Waals surface area contributed by atoms with Crippen LogP contribution in [0.15, 0.2) is 36.5 Å². The third-order valence-corrected chi connectivity index (χ3v) is 2.52. The lowest BCUT2D eigenvalue weighted by atomic mass is 10.00. The zero-order chi connectivity index (χ0) is 11.5. The van der Waals surface area contributed by atoms with Crippen molar-refractivity contribution < 1.29 is 4.79 Å². The lowest BCUT2D eigenvalue weighted by Crippen LogP contribution is -2.03. The second kappa shape index (κ2) is 4.44. The maximum Gasteiger partial charge on any atom is 0.163 e. The van der Waals surface area contributed by atoms with Crippen LogP contribution in [0.5, 0.6) is 0 Å². The summed E-state index contributed by atoms with van der Waals surface area (Å²) in [6.07, 6.45) is 2.36. The van der Waals surface area contributed by atoms with Crippen molar-refractivity contribution in [1.82, 2.24) is 4.98 Å². The van der Waals surface area contributed by atoms with Crippen molar-refractivity contribution in [2.45, 2.75) is 20.3 Å². The van der Waals surface area contributed by atoms with Gasteiger partial charge in [-0.05, 0) is 30.2 Å². The van der Waals surface area contributed by atoms with E-state index in [0.717, 1.165) is 16.5 Å². The molecule has 16 heavy (non-hydrogen) atoms. The lowest BCUT2D eigenvalue weighted by Gasteiger charge is -2.04. The summed E-state index contributed by atoms with van der Waals surface area (Å²) in [7, 11) is 0. The highest BCUT2D eigenvalue weighted by molar-refractivity contribution is 5.99. The molecule has 0 spiro atoms. The molecule has 1 aromatic carbocycles. The van der Waals surface area contributed by atoms with E-state index in [2.05, 4.69) is 18.8 Å². The normalized spacial score (nSPS) is 10.9. The van der Waals surface area contributed by atoms with E-state index in [-0.39, 0.29) is 5.78 Å². The van der Waals surface area contributed by atoms with Gasteiger partial charge in [0.2, 0.25) is 0 Å². The standard InChI is InChI=1S/C14H15NO/c1-10(2)8-14(16)12-5-6-13-11(9-12)4-3-7-15-13/h3-7,9-10H,8H2,1-2H3. The van der Waals surface area contributed by atoms with Crippen molar-refractivity contribution >= 4 is 16.7 Å². The van der Waals surface area contributed by atoms with E-state index in [1.165, 1.54) is 0 Å². The largest absolute Gasteiger partial charge is 0.294 e. The predicted octanol–water partition coefficient (Wildman–Crippen LogP) is 3.46. The minimum atomic E-state index is 0.209. The molecule has 0 saturated heterocycles. The van der Waals surface area contributed by atoms with Crippen LogP contribution in [0.1, 0.15) is 30.6 Å². The molecule has 0 aliphatic heterocycles. The number of hydrogen-bond donors (Lipinski definition) is 0. The maximum absolute atomic E-state index is 11.9. The number of hydrogen-bond acceptors (Lipinski definition) is 2. The van der Waals surface area contributed by atoms with Gasteiger partial charge in [-0.1, -0.05) is 19.9 Å². The van der Waals surface area contributed by atoms with E-state index in [4.69, 9.17) is 0 Å². The molecule has 0 fully saturated rings. The summed E-state index contributed by atoms with van der Waals surface area (Å²) in [4.78, 5) is 16.1. The van der Waals surface area contributed by atoms with Gasteiger partial charge >= 0.3 is 0 Å². The summed E-state index contributed by atoms with van der Waals surface area (Å²) in [6, 6.07) is 9.56. The summed E-state index contributed by atoms with van der Waals surface area (Å²) in [5.41, 5.74) is 1.72. The third-order valence-electron chi connectivity index (χ3n) is 2.52. The van der Waals surface area contributed by atoms with E-state index < -0.39 is 0 Å². The van der Waals surface area contributed by atoms with Crippen LogP contribution in [-0.2, 0) is 0 Å². The Morgan fingerprint density at radius 2 is 2.12 bits per heavy atom. The monoisotopic (exact) mass is 213 g/mol. The quantitative estimate of drug-likeness (QED) is 0.731. The lowest BCUT2D eigenvalue weighted by molar-refractivity contribution is 0.0968. The number of pyridine rings is 1. The van der Waals surface area contributed by atoms with Gasteiger partial charge in [-0.25, -0.2) is 0 Å². The molecular weight excluding hydrogens is 198 g/mol. The smallest absolute Gasteiger partial charge is 0.163 e. The molecule has 2 rings (SSSR count). The van der Waals surface area contributed by atoms with Crippen LogP contribution in [0.25, 0.3) is 10.9 Å². The minimum absolute atomic E-state index is 0.209. The second-order valence-corrected chi connectivity index (χ2v) is 4.43. The van der Waals surface area contributed by atoms with Crippen LogP contribution < -0.4 is 0 Å². The molecule has 2 aromatic rings. The van der Waals surface area contributed by atoms with Crippen molar-refractivity contribution in [2.75, 3.05) is 0 Å². The highest BCUT2D eigenvalue weighted by Gasteiger charge is 2.08. The van der Waals surface area contributed by atoms with Crippen molar-refractivity contribution in [3.63, 3.8) is 0 Å². The van der Waals surface area contributed by atoms with E-state index in [1.54, 1.807) is 6.20 Å². The van der Waals surface area contributed by atoms with Crippen molar-refractivity contribution in [1.29, 1.82) is 0 Å². The van der Waals surface area contributed by atoms with Crippen LogP contribution in [0.4, 0.5) is 0 Å². The number of ketones is 1. The van der Waals surface area contributed by atoms with E-state index >= 15 is 0 Å². The first kappa shape index (κ1) is 10.8. The van der Waals surface area contributed by atoms with Gasteiger partial charge in [0.1, 0.15) is 0 Å². The molecule has 0 aliphatic rings. The fourth-order valence-corrected chi connectivity index (χ4v) is 1.74. The Bertz CT molecular complexity index is 517. The molecule has 0 unspecified atom stereocenters. The molecule has 0 radical (unpaired) electrons. The van der Waals surface area contributed by atoms with Crippen LogP contribution in [0, 0.1) is 5.92 Å². The summed E-state index contributed by atoms with van der Waals surface area (Å²) >= 11 is 0. The molecule has 2 heteroatoms. The van der Waals surface area contributed by atoms with Gasteiger partial charge in [0.25, 0.3) is 0 Å². The third kappa shape index (κ3) is 2.27. The molecule has 0 amide bonds. The Balaban J connectivity index is 2.35. The number of rotatable bonds is 3. The first-order valence-corrected chi connectivity index (χ1v) is 5.55. The fraction of sp³-hybridized carbons (Fsp3) is 0.286. The predicted molar refractivity (Wildman–Crippen MR) is 65.5 cm³/mol. The van der Waals surface area contributed by atoms with E-state index in [1.807, 2.05) is 30.3 Å². The summed E-state index contributed by atoms with van der Waals surface area (Å²) < 4.78 is 0. The van der Waals surface area contributed by atoms with Gasteiger partial charge in [-0.3, -0.25) is 9.78 Å². The molecule has 0 atom stereocenters. The summed E-state index contributed by atoms with van der Waals surface area (Å²) in [6.45, 7) is 4.11. The number of fused-ring (bicyclic) bond motifs is 1. The van der Waals surface area contributed by atoms with Gasteiger partial charge in [0.05, 0.1) is 5.52 Å². The summed E-state index contributed by atoms with van der Waals surface area (Å²) in [5, 5.41) is 1.03. The SMILES string of the molecule is CC(C)CC(=O)c1ccc2ncccc2c1. The number of aromatic nitrogens is 1. The van der Waals surface area contributed by atoms with Crippen LogP contribution >= 0.6 is 0 Å². The molecule has 0 saturated carbocycles. The average molecular weight is 213 g/mol. The molecule has 0 bridgehead atoms. The molecular formula is C14H15NO. The molecule has 1 heterocycles. The van der Waals surface area contributed by atoms with Crippen LogP contribution in [0.3, 0.4) is 0 Å². The Morgan fingerprint density at radius 3 is 2.88 bits per heavy atom. The summed E-state index contributed by atoms with van der Waals surface area (Å²) in [5.74, 6) is 0.609. The van der Waals surface area contributed by atoms with Gasteiger partial charge < -0.3 is 0 Å². The Hall–Kier alpha value is -1.70. The average Bonchev–Trinajstić information content (AvgIpc) is 2.27. The van der Waals surface area contributed by atoms with Gasteiger partial charge in [0.15, 0.2) is 5.78 Å². The van der Waals surface area contributed by atoms with Crippen LogP contribution in [0.2, 0.25) is 0 Å². The van der Waals surface area contributed by atoms with Crippen molar-refractivity contribution in [2.24, 2.45) is 5.92 Å². The Morgan fingerprint density at radius 1 is 1.31 bits per heavy atom. The number of benzene rings is 1. The van der Waals surface area contributed by atoms with Gasteiger partial charge in [-0.2, -0.15) is 0 Å². The first-order valence-electron chi connectivity index (χ1n) is 5.55. The highest BCUT2D eigenvalue weighted by atomic mass is 16.1. The van der Waals surface area contributed by atoms with Crippen molar-refractivity contribution in [3.05, 3.63) is 42.1 Å². The maximum atomic E-state index is 11.9. The molecule has 1 aromatic heterocycles. The van der Waals surface area contributed by atoms with Crippen molar-refractivity contribution in [3.8, 4) is 0 Å². The fourth-order valence-electron chi connectivity index (χ4n) is 1.74. The van der Waals surface area contributed by atoms with Gasteiger partial charge in [-0.15, -0.1) is 0 Å². The Kier molecular flexibility index (Phi) is 3.00. The molecule has 2 nitrogen and oxygen atoms in total. The number of carbonyl (C=O) groups is 1. The highest BCUT2D eigenvalue weighted by Crippen LogP contribution is 2.16. The number of nitrogens with zero attached hydrogens (tertiary/aromatic N) is 1.